The molecule has 2 heterocycles. The fourth-order valence-electron chi connectivity index (χ4n) is 3.45. The number of methoxy groups -OCH3 is 1. The molecule has 0 radical (unpaired) electrons. The van der Waals surface area contributed by atoms with Crippen LogP contribution in [0.1, 0.15) is 19.3 Å². The van der Waals surface area contributed by atoms with Crippen LogP contribution in [0.4, 0.5) is 0 Å². The average molecular weight is 433 g/mol. The number of aromatic nitrogens is 3. The number of thioether (sulfide) groups is 1. The Kier molecular flexibility index (Phi) is 8.09. The lowest BCUT2D eigenvalue weighted by Crippen LogP contribution is -2.42. The molecule has 2 amide bonds. The zero-order chi connectivity index (χ0) is 21.3. The van der Waals surface area contributed by atoms with E-state index in [-0.39, 0.29) is 23.5 Å². The molecule has 0 saturated carbocycles. The summed E-state index contributed by atoms with van der Waals surface area (Å²) in [5.41, 5.74) is 6.32. The molecule has 2 aromatic rings. The number of carbonyl (C=O) groups is 2. The number of hydrogen-bond donors (Lipinski definition) is 2. The van der Waals surface area contributed by atoms with Crippen molar-refractivity contribution >= 4 is 23.6 Å². The number of amides is 2. The summed E-state index contributed by atoms with van der Waals surface area (Å²) in [6.45, 7) is 3.15. The van der Waals surface area contributed by atoms with Gasteiger partial charge in [0.25, 0.3) is 0 Å². The lowest BCUT2D eigenvalue weighted by atomic mass is 9.97. The molecule has 162 valence electrons. The zero-order valence-corrected chi connectivity index (χ0v) is 17.9. The predicted octanol–water partition coefficient (Wildman–Crippen LogP) is 1.07. The second-order valence-corrected chi connectivity index (χ2v) is 8.16. The first-order valence-electron chi connectivity index (χ1n) is 10.0. The molecule has 1 atom stereocenters. The summed E-state index contributed by atoms with van der Waals surface area (Å²) in [5.74, 6) is 0.732. The molecule has 30 heavy (non-hydrogen) atoms. The monoisotopic (exact) mass is 432 g/mol. The number of primary amides is 1. The molecule has 1 aromatic heterocycles. The number of ether oxygens (including phenoxy) is 1. The fraction of sp³-hybridized carbons (Fsp3) is 0.500. The van der Waals surface area contributed by atoms with Crippen LogP contribution < -0.4 is 15.8 Å². The van der Waals surface area contributed by atoms with Gasteiger partial charge >= 0.3 is 0 Å². The summed E-state index contributed by atoms with van der Waals surface area (Å²) < 4.78 is 7.01. The third kappa shape index (κ3) is 6.20. The van der Waals surface area contributed by atoms with Crippen molar-refractivity contribution in [2.24, 2.45) is 11.7 Å². The zero-order valence-electron chi connectivity index (χ0n) is 17.1. The standard InChI is InChI=1S/C20H28N6O3S/c1-29-17-7-5-16(6-8-17)26-14-23-24-20(26)30-13-18(27)22-9-3-11-25-10-2-4-15(12-25)19(21)28/h5-8,14-15H,2-4,9-13H2,1H3,(H2,21,28)(H,22,27). The van der Waals surface area contributed by atoms with Gasteiger partial charge in [-0.1, -0.05) is 11.8 Å². The highest BCUT2D eigenvalue weighted by atomic mass is 32.2. The second-order valence-electron chi connectivity index (χ2n) is 7.22. The molecule has 0 bridgehead atoms. The summed E-state index contributed by atoms with van der Waals surface area (Å²) in [4.78, 5) is 25.8. The lowest BCUT2D eigenvalue weighted by molar-refractivity contribution is -0.123. The van der Waals surface area contributed by atoms with E-state index in [9.17, 15) is 9.59 Å². The van der Waals surface area contributed by atoms with Crippen LogP contribution in [0.25, 0.3) is 5.69 Å². The summed E-state index contributed by atoms with van der Waals surface area (Å²) in [7, 11) is 1.62. The molecule has 1 unspecified atom stereocenters. The first-order chi connectivity index (χ1) is 14.6. The van der Waals surface area contributed by atoms with E-state index in [1.165, 1.54) is 11.8 Å². The maximum atomic E-state index is 12.2. The van der Waals surface area contributed by atoms with Gasteiger partial charge in [0.15, 0.2) is 5.16 Å². The van der Waals surface area contributed by atoms with Gasteiger partial charge in [-0.05, 0) is 56.6 Å². The minimum Gasteiger partial charge on any atom is -0.497 e. The molecule has 9 nitrogen and oxygen atoms in total. The van der Waals surface area contributed by atoms with Crippen LogP contribution in [-0.2, 0) is 9.59 Å². The van der Waals surface area contributed by atoms with E-state index in [0.717, 1.165) is 50.3 Å². The Morgan fingerprint density at radius 2 is 2.13 bits per heavy atom. The number of carbonyl (C=O) groups excluding carboxylic acids is 2. The van der Waals surface area contributed by atoms with Gasteiger partial charge in [0.1, 0.15) is 12.1 Å². The second kappa shape index (κ2) is 11.0. The third-order valence-corrected chi connectivity index (χ3v) is 6.02. The van der Waals surface area contributed by atoms with E-state index in [0.29, 0.717) is 11.7 Å². The quantitative estimate of drug-likeness (QED) is 0.426. The predicted molar refractivity (Wildman–Crippen MR) is 115 cm³/mol. The number of piperidine rings is 1. The van der Waals surface area contributed by atoms with Crippen molar-refractivity contribution in [3.05, 3.63) is 30.6 Å². The third-order valence-electron chi connectivity index (χ3n) is 5.08. The lowest BCUT2D eigenvalue weighted by Gasteiger charge is -2.31. The average Bonchev–Trinajstić information content (AvgIpc) is 3.24. The van der Waals surface area contributed by atoms with Crippen molar-refractivity contribution in [2.45, 2.75) is 24.4 Å². The molecule has 1 fully saturated rings. The Labute approximate surface area is 180 Å². The first kappa shape index (κ1) is 22.1. The SMILES string of the molecule is COc1ccc(-n2cnnc2SCC(=O)NCCCN2CCCC(C(N)=O)C2)cc1. The van der Waals surface area contributed by atoms with Gasteiger partial charge in [0.2, 0.25) is 11.8 Å². The molecule has 10 heteroatoms. The molecule has 1 aliphatic heterocycles. The minimum atomic E-state index is -0.215. The molecule has 0 spiro atoms. The Hall–Kier alpha value is -2.59. The molecular formula is C20H28N6O3S. The number of rotatable bonds is 10. The Morgan fingerprint density at radius 1 is 1.33 bits per heavy atom. The minimum absolute atomic E-state index is 0.0436. The van der Waals surface area contributed by atoms with Gasteiger partial charge in [0, 0.05) is 18.8 Å². The van der Waals surface area contributed by atoms with Crippen LogP contribution >= 0.6 is 11.8 Å². The van der Waals surface area contributed by atoms with E-state index in [1.54, 1.807) is 13.4 Å². The van der Waals surface area contributed by atoms with E-state index in [4.69, 9.17) is 10.5 Å². The first-order valence-corrected chi connectivity index (χ1v) is 11.0. The molecule has 1 aromatic carbocycles. The van der Waals surface area contributed by atoms with Crippen molar-refractivity contribution < 1.29 is 14.3 Å². The normalized spacial score (nSPS) is 16.9. The van der Waals surface area contributed by atoms with Crippen LogP contribution in [0.3, 0.4) is 0 Å². The fourth-order valence-corrected chi connectivity index (χ4v) is 4.20. The number of nitrogens with two attached hydrogens (primary N) is 1. The maximum Gasteiger partial charge on any atom is 0.230 e. The molecule has 0 aliphatic carbocycles. The highest BCUT2D eigenvalue weighted by Gasteiger charge is 2.23. The van der Waals surface area contributed by atoms with Crippen molar-refractivity contribution in [1.82, 2.24) is 25.0 Å². The number of benzene rings is 1. The smallest absolute Gasteiger partial charge is 0.230 e. The Bertz CT molecular complexity index is 841. The molecule has 1 saturated heterocycles. The van der Waals surface area contributed by atoms with E-state index in [2.05, 4.69) is 20.4 Å². The van der Waals surface area contributed by atoms with Crippen molar-refractivity contribution in [3.63, 3.8) is 0 Å². The maximum absolute atomic E-state index is 12.2. The molecule has 1 aliphatic rings. The van der Waals surface area contributed by atoms with E-state index < -0.39 is 0 Å². The highest BCUT2D eigenvalue weighted by molar-refractivity contribution is 7.99. The van der Waals surface area contributed by atoms with Gasteiger partial charge < -0.3 is 20.7 Å². The van der Waals surface area contributed by atoms with Gasteiger partial charge in [-0.2, -0.15) is 0 Å². The van der Waals surface area contributed by atoms with Crippen LogP contribution in [-0.4, -0.2) is 70.5 Å². The van der Waals surface area contributed by atoms with Crippen molar-refractivity contribution in [2.75, 3.05) is 39.0 Å². The number of hydrogen-bond acceptors (Lipinski definition) is 7. The molecule has 3 rings (SSSR count). The van der Waals surface area contributed by atoms with Crippen LogP contribution in [0.5, 0.6) is 5.75 Å². The number of likely N-dealkylation sites (tertiary alicyclic amines) is 1. The number of nitrogens with zero attached hydrogens (tertiary/aromatic N) is 4. The van der Waals surface area contributed by atoms with Gasteiger partial charge in [0.05, 0.1) is 18.8 Å². The van der Waals surface area contributed by atoms with E-state index in [1.807, 2.05) is 28.8 Å². The van der Waals surface area contributed by atoms with Gasteiger partial charge in [-0.25, -0.2) is 0 Å². The van der Waals surface area contributed by atoms with E-state index >= 15 is 0 Å². The Balaban J connectivity index is 1.38. The van der Waals surface area contributed by atoms with Crippen molar-refractivity contribution in [3.8, 4) is 11.4 Å². The highest BCUT2D eigenvalue weighted by Crippen LogP contribution is 2.21. The van der Waals surface area contributed by atoms with Crippen LogP contribution in [0.2, 0.25) is 0 Å². The molecular weight excluding hydrogens is 404 g/mol. The van der Waals surface area contributed by atoms with Crippen LogP contribution in [0, 0.1) is 5.92 Å². The van der Waals surface area contributed by atoms with Crippen LogP contribution in [0.15, 0.2) is 35.7 Å². The Morgan fingerprint density at radius 3 is 2.87 bits per heavy atom. The molecule has 3 N–H and O–H groups in total. The largest absolute Gasteiger partial charge is 0.497 e. The van der Waals surface area contributed by atoms with Crippen molar-refractivity contribution in [1.29, 1.82) is 0 Å². The number of nitrogens with one attached hydrogen (secondary N) is 1. The van der Waals surface area contributed by atoms with Gasteiger partial charge in [-0.15, -0.1) is 10.2 Å². The summed E-state index contributed by atoms with van der Waals surface area (Å²) in [6.07, 6.45) is 4.33. The summed E-state index contributed by atoms with van der Waals surface area (Å²) >= 11 is 1.34. The summed E-state index contributed by atoms with van der Waals surface area (Å²) in [5, 5.41) is 11.7. The van der Waals surface area contributed by atoms with Gasteiger partial charge in [-0.3, -0.25) is 14.2 Å². The summed E-state index contributed by atoms with van der Waals surface area (Å²) in [6, 6.07) is 7.56. The topological polar surface area (TPSA) is 115 Å².